The average molecular weight is 475 g/mol. The monoisotopic (exact) mass is 475 g/mol. The molecule has 0 aliphatic carbocycles. The van der Waals surface area contributed by atoms with Crippen LogP contribution in [0.4, 0.5) is 0 Å². The first kappa shape index (κ1) is 33.7. The van der Waals surface area contributed by atoms with Gasteiger partial charge in [-0.3, -0.25) is 0 Å². The Morgan fingerprint density at radius 3 is 0.647 bits per heavy atom. The van der Waals surface area contributed by atoms with E-state index >= 15 is 0 Å². The summed E-state index contributed by atoms with van der Waals surface area (Å²) in [6, 6.07) is 0. The van der Waals surface area contributed by atoms with Crippen LogP contribution in [0.3, 0.4) is 0 Å². The van der Waals surface area contributed by atoms with Crippen molar-refractivity contribution in [1.82, 2.24) is 0 Å². The molecule has 0 heteroatoms. The van der Waals surface area contributed by atoms with E-state index in [1.807, 2.05) is 0 Å². The minimum absolute atomic E-state index is 1.10. The van der Waals surface area contributed by atoms with Crippen molar-refractivity contribution in [1.29, 1.82) is 0 Å². The largest absolute Gasteiger partial charge is 0.0845 e. The van der Waals surface area contributed by atoms with Crippen molar-refractivity contribution in [2.24, 2.45) is 0 Å². The van der Waals surface area contributed by atoms with Crippen LogP contribution in [0.25, 0.3) is 0 Å². The van der Waals surface area contributed by atoms with Crippen molar-refractivity contribution in [3.8, 4) is 0 Å². The molecule has 0 spiro atoms. The topological polar surface area (TPSA) is 0 Å². The summed E-state index contributed by atoms with van der Waals surface area (Å²) in [7, 11) is 0. The highest BCUT2D eigenvalue weighted by Crippen LogP contribution is 2.16. The molecule has 0 amide bonds. The summed E-state index contributed by atoms with van der Waals surface area (Å²) in [4.78, 5) is 0. The van der Waals surface area contributed by atoms with Gasteiger partial charge in [-0.25, -0.2) is 0 Å². The molecule has 0 saturated carbocycles. The van der Waals surface area contributed by atoms with Crippen LogP contribution in [0.2, 0.25) is 0 Å². The Kier molecular flexibility index (Phi) is 32.5. The van der Waals surface area contributed by atoms with E-state index in [2.05, 4.69) is 6.92 Å². The van der Waals surface area contributed by atoms with Gasteiger partial charge in [-0.1, -0.05) is 206 Å². The van der Waals surface area contributed by atoms with Crippen molar-refractivity contribution >= 4 is 0 Å². The Morgan fingerprint density at radius 1 is 0.294 bits per heavy atom. The highest BCUT2D eigenvalue weighted by molar-refractivity contribution is 4.61. The van der Waals surface area contributed by atoms with E-state index in [1.54, 1.807) is 6.08 Å². The van der Waals surface area contributed by atoms with Crippen LogP contribution in [0.15, 0.2) is 6.08 Å². The fourth-order valence-electron chi connectivity index (χ4n) is 5.21. The highest BCUT2D eigenvalue weighted by Gasteiger charge is 1.96. The average Bonchev–Trinajstić information content (AvgIpc) is 2.85. The van der Waals surface area contributed by atoms with Crippen molar-refractivity contribution in [3.63, 3.8) is 0 Å². The lowest BCUT2D eigenvalue weighted by atomic mass is 10.0. The molecule has 0 rings (SSSR count). The first-order valence-corrected chi connectivity index (χ1v) is 16.2. The molecule has 0 unspecified atom stereocenters. The second-order valence-electron chi connectivity index (χ2n) is 11.1. The fourth-order valence-corrected chi connectivity index (χ4v) is 5.21. The summed E-state index contributed by atoms with van der Waals surface area (Å²) in [6.07, 6.45) is 46.2. The molecule has 0 bridgehead atoms. The van der Waals surface area contributed by atoms with Gasteiger partial charge in [0.2, 0.25) is 0 Å². The van der Waals surface area contributed by atoms with E-state index in [4.69, 9.17) is 6.58 Å². The van der Waals surface area contributed by atoms with Crippen LogP contribution < -0.4 is 0 Å². The molecule has 2 radical (unpaired) electrons. The predicted octanol–water partition coefficient (Wildman–Crippen LogP) is 12.9. The molecule has 0 aliphatic heterocycles. The molecule has 0 aromatic rings. The molecule has 34 heavy (non-hydrogen) atoms. The number of unbranched alkanes of at least 4 members (excludes halogenated alkanes) is 30. The van der Waals surface area contributed by atoms with Gasteiger partial charge in [-0.2, -0.15) is 0 Å². The lowest BCUT2D eigenvalue weighted by Crippen LogP contribution is -1.85. The van der Waals surface area contributed by atoms with Crippen LogP contribution in [0.5, 0.6) is 0 Å². The van der Waals surface area contributed by atoms with Gasteiger partial charge >= 0.3 is 0 Å². The van der Waals surface area contributed by atoms with E-state index in [0.717, 1.165) is 12.8 Å². The second kappa shape index (κ2) is 32.7. The molecule has 0 saturated heterocycles. The third-order valence-corrected chi connectivity index (χ3v) is 7.62. The van der Waals surface area contributed by atoms with Crippen LogP contribution in [-0.2, 0) is 0 Å². The maximum atomic E-state index is 5.41. The first-order valence-electron chi connectivity index (χ1n) is 16.2. The Labute approximate surface area is 218 Å². The standard InChI is InChI=1S/C34H66/c1-3-5-7-9-11-13-15-17-19-21-23-25-27-29-31-33-34-32-30-28-26-24-22-20-18-16-14-12-10-8-6-4-2/h1,3H,2,4-34H2. The van der Waals surface area contributed by atoms with E-state index in [0.29, 0.717) is 0 Å². The van der Waals surface area contributed by atoms with Gasteiger partial charge < -0.3 is 0 Å². The third-order valence-electron chi connectivity index (χ3n) is 7.62. The summed E-state index contributed by atoms with van der Waals surface area (Å²) < 4.78 is 0. The SMILES string of the molecule is [CH]=CCCCCCCCCCCCCCCCCCCCCCCCCCCCCCCC[CH2]. The molecule has 0 fully saturated rings. The zero-order valence-corrected chi connectivity index (χ0v) is 23.8. The number of rotatable bonds is 31. The molecule has 0 aromatic heterocycles. The van der Waals surface area contributed by atoms with Gasteiger partial charge in [0.1, 0.15) is 0 Å². The Bertz CT molecular complexity index is 344. The third kappa shape index (κ3) is 31.7. The van der Waals surface area contributed by atoms with Crippen LogP contribution in [0, 0.1) is 13.5 Å². The Morgan fingerprint density at radius 2 is 0.471 bits per heavy atom. The van der Waals surface area contributed by atoms with Gasteiger partial charge in [0.05, 0.1) is 0 Å². The minimum Gasteiger partial charge on any atom is -0.0845 e. The lowest BCUT2D eigenvalue weighted by Gasteiger charge is -2.04. The molecule has 202 valence electrons. The Hall–Kier alpha value is -0.260. The quantitative estimate of drug-likeness (QED) is 0.0876. The van der Waals surface area contributed by atoms with Crippen LogP contribution in [0.1, 0.15) is 199 Å². The molecule has 0 aromatic carbocycles. The van der Waals surface area contributed by atoms with E-state index in [-0.39, 0.29) is 0 Å². The number of hydrogen-bond acceptors (Lipinski definition) is 0. The van der Waals surface area contributed by atoms with Crippen molar-refractivity contribution < 1.29 is 0 Å². The Balaban J connectivity index is 3.00. The molecule has 0 N–H and O–H groups in total. The number of hydrogen-bond donors (Lipinski definition) is 0. The van der Waals surface area contributed by atoms with Gasteiger partial charge in [-0.15, -0.1) is 0 Å². The summed E-state index contributed by atoms with van der Waals surface area (Å²) >= 11 is 0. The van der Waals surface area contributed by atoms with E-state index in [9.17, 15) is 0 Å². The minimum atomic E-state index is 1.10. The molecular formula is C34H66. The maximum Gasteiger partial charge on any atom is -0.0348 e. The zero-order valence-electron chi connectivity index (χ0n) is 23.8. The first-order chi connectivity index (χ1) is 16.9. The lowest BCUT2D eigenvalue weighted by molar-refractivity contribution is 0.513. The smallest absolute Gasteiger partial charge is 0.0348 e. The molecule has 0 nitrogen and oxygen atoms in total. The molecule has 0 heterocycles. The molecule has 0 atom stereocenters. The van der Waals surface area contributed by atoms with Crippen molar-refractivity contribution in [3.05, 3.63) is 19.6 Å². The predicted molar refractivity (Wildman–Crippen MR) is 157 cm³/mol. The van der Waals surface area contributed by atoms with Gasteiger partial charge in [0.25, 0.3) is 0 Å². The normalized spacial score (nSPS) is 11.3. The summed E-state index contributed by atoms with van der Waals surface area (Å²) in [5, 5.41) is 0. The van der Waals surface area contributed by atoms with Crippen LogP contribution in [-0.4, -0.2) is 0 Å². The van der Waals surface area contributed by atoms with Crippen molar-refractivity contribution in [2.45, 2.75) is 199 Å². The van der Waals surface area contributed by atoms with Crippen molar-refractivity contribution in [2.75, 3.05) is 0 Å². The summed E-state index contributed by atoms with van der Waals surface area (Å²) in [5.41, 5.74) is 0. The highest BCUT2D eigenvalue weighted by atomic mass is 14.0. The van der Waals surface area contributed by atoms with Crippen LogP contribution >= 0.6 is 0 Å². The summed E-state index contributed by atoms with van der Waals surface area (Å²) in [6.45, 7) is 9.33. The second-order valence-corrected chi connectivity index (χ2v) is 11.1. The van der Waals surface area contributed by atoms with Gasteiger partial charge in [0, 0.05) is 0 Å². The summed E-state index contributed by atoms with van der Waals surface area (Å²) in [5.74, 6) is 0. The van der Waals surface area contributed by atoms with Gasteiger partial charge in [0.15, 0.2) is 0 Å². The zero-order chi connectivity index (χ0) is 24.6. The maximum absolute atomic E-state index is 5.41. The number of allylic oxidation sites excluding steroid dienone is 1. The molecule has 0 aliphatic rings. The molecular weight excluding hydrogens is 408 g/mol. The van der Waals surface area contributed by atoms with Gasteiger partial charge in [-0.05, 0) is 12.8 Å². The fraction of sp³-hybridized carbons (Fsp3) is 0.912. The van der Waals surface area contributed by atoms with E-state index in [1.165, 1.54) is 186 Å². The van der Waals surface area contributed by atoms with E-state index < -0.39 is 0 Å².